The Balaban J connectivity index is 0.000000162. The molecule has 0 amide bonds. The summed E-state index contributed by atoms with van der Waals surface area (Å²) in [6.07, 6.45) is 5.89. The average molecular weight is 222 g/mol. The zero-order valence-electron chi connectivity index (χ0n) is 9.95. The third-order valence-corrected chi connectivity index (χ3v) is 5.32. The van der Waals surface area contributed by atoms with Crippen LogP contribution in [0.5, 0.6) is 0 Å². The van der Waals surface area contributed by atoms with E-state index in [1.807, 2.05) is 36.4 Å². The first-order chi connectivity index (χ1) is 7.36. The lowest BCUT2D eigenvalue weighted by Gasteiger charge is -2.05. The monoisotopic (exact) mass is 222 g/mol. The van der Waals surface area contributed by atoms with E-state index in [2.05, 4.69) is 13.8 Å². The SMILES string of the molecule is CCC1CCC(CC)P1.c1ccccc1. The topological polar surface area (TPSA) is 0 Å². The van der Waals surface area contributed by atoms with Gasteiger partial charge in [0, 0.05) is 0 Å². The van der Waals surface area contributed by atoms with Crippen LogP contribution in [0.3, 0.4) is 0 Å². The molecule has 0 saturated carbocycles. The van der Waals surface area contributed by atoms with E-state index in [1.54, 1.807) is 0 Å². The fraction of sp³-hybridized carbons (Fsp3) is 0.571. The molecule has 0 nitrogen and oxygen atoms in total. The lowest BCUT2D eigenvalue weighted by molar-refractivity contribution is 0.696. The Morgan fingerprint density at radius 2 is 1.13 bits per heavy atom. The minimum absolute atomic E-state index is 1.11. The van der Waals surface area contributed by atoms with E-state index in [-0.39, 0.29) is 0 Å². The molecular formula is C14H23P. The molecule has 1 saturated heterocycles. The first-order valence-corrected chi connectivity index (χ1v) is 7.28. The highest BCUT2D eigenvalue weighted by Gasteiger charge is 2.20. The Bertz CT molecular complexity index is 196. The van der Waals surface area contributed by atoms with E-state index >= 15 is 0 Å². The number of hydrogen-bond donors (Lipinski definition) is 0. The highest BCUT2D eigenvalue weighted by Crippen LogP contribution is 2.42. The minimum Gasteiger partial charge on any atom is -0.116 e. The van der Waals surface area contributed by atoms with Crippen molar-refractivity contribution in [1.29, 1.82) is 0 Å². The molecule has 1 aliphatic rings. The second kappa shape index (κ2) is 7.88. The molecule has 1 aromatic carbocycles. The average Bonchev–Trinajstić information content (AvgIpc) is 2.80. The Hall–Kier alpha value is -0.350. The van der Waals surface area contributed by atoms with Gasteiger partial charge in [-0.1, -0.05) is 50.2 Å². The maximum atomic E-state index is 2.33. The molecule has 2 atom stereocenters. The van der Waals surface area contributed by atoms with Crippen LogP contribution in [0.4, 0.5) is 0 Å². The van der Waals surface area contributed by atoms with Gasteiger partial charge in [0.1, 0.15) is 0 Å². The molecule has 2 unspecified atom stereocenters. The predicted octanol–water partition coefficient (Wildman–Crippen LogP) is 4.70. The first kappa shape index (κ1) is 12.7. The molecule has 1 heteroatoms. The van der Waals surface area contributed by atoms with Crippen molar-refractivity contribution in [2.24, 2.45) is 0 Å². The Morgan fingerprint density at radius 3 is 1.33 bits per heavy atom. The third kappa shape index (κ3) is 5.33. The molecule has 0 bridgehead atoms. The summed E-state index contributed by atoms with van der Waals surface area (Å²) in [5.74, 6) is 0. The van der Waals surface area contributed by atoms with Crippen molar-refractivity contribution in [3.8, 4) is 0 Å². The van der Waals surface area contributed by atoms with Gasteiger partial charge in [0.2, 0.25) is 0 Å². The highest BCUT2D eigenvalue weighted by molar-refractivity contribution is 7.40. The zero-order chi connectivity index (χ0) is 10.9. The van der Waals surface area contributed by atoms with Crippen molar-refractivity contribution in [3.05, 3.63) is 36.4 Å². The van der Waals surface area contributed by atoms with Crippen LogP contribution in [0.2, 0.25) is 0 Å². The van der Waals surface area contributed by atoms with Gasteiger partial charge in [-0.2, -0.15) is 0 Å². The van der Waals surface area contributed by atoms with Crippen LogP contribution in [0.15, 0.2) is 36.4 Å². The summed E-state index contributed by atoms with van der Waals surface area (Å²) in [7, 11) is 1.29. The highest BCUT2D eigenvalue weighted by atomic mass is 31.1. The van der Waals surface area contributed by atoms with Crippen LogP contribution >= 0.6 is 8.58 Å². The molecule has 1 aromatic rings. The van der Waals surface area contributed by atoms with Crippen molar-refractivity contribution < 1.29 is 0 Å². The van der Waals surface area contributed by atoms with Crippen LogP contribution in [0, 0.1) is 0 Å². The molecule has 0 radical (unpaired) electrons. The van der Waals surface area contributed by atoms with Gasteiger partial charge in [0.25, 0.3) is 0 Å². The van der Waals surface area contributed by atoms with Gasteiger partial charge in [-0.25, -0.2) is 0 Å². The normalized spacial score (nSPS) is 26.0. The molecule has 0 aliphatic carbocycles. The summed E-state index contributed by atoms with van der Waals surface area (Å²) >= 11 is 0. The van der Waals surface area contributed by atoms with Crippen molar-refractivity contribution in [2.45, 2.75) is 50.8 Å². The lowest BCUT2D eigenvalue weighted by Crippen LogP contribution is -1.90. The maximum absolute atomic E-state index is 2.33. The van der Waals surface area contributed by atoms with Crippen LogP contribution in [0.1, 0.15) is 39.5 Å². The Morgan fingerprint density at radius 1 is 0.800 bits per heavy atom. The molecule has 2 rings (SSSR count). The van der Waals surface area contributed by atoms with Gasteiger partial charge < -0.3 is 0 Å². The van der Waals surface area contributed by atoms with Gasteiger partial charge in [0.15, 0.2) is 0 Å². The van der Waals surface area contributed by atoms with Crippen molar-refractivity contribution in [1.82, 2.24) is 0 Å². The second-order valence-electron chi connectivity index (χ2n) is 4.11. The van der Waals surface area contributed by atoms with Crippen molar-refractivity contribution in [3.63, 3.8) is 0 Å². The number of benzene rings is 1. The van der Waals surface area contributed by atoms with Gasteiger partial charge in [-0.05, 0) is 37.0 Å². The summed E-state index contributed by atoms with van der Waals surface area (Å²) < 4.78 is 0. The van der Waals surface area contributed by atoms with Gasteiger partial charge in [-0.3, -0.25) is 0 Å². The van der Waals surface area contributed by atoms with E-state index in [0.717, 1.165) is 11.3 Å². The third-order valence-electron chi connectivity index (χ3n) is 2.99. The van der Waals surface area contributed by atoms with Crippen LogP contribution in [0.25, 0.3) is 0 Å². The van der Waals surface area contributed by atoms with Crippen LogP contribution in [-0.4, -0.2) is 11.3 Å². The molecule has 15 heavy (non-hydrogen) atoms. The summed E-state index contributed by atoms with van der Waals surface area (Å²) in [4.78, 5) is 0. The fourth-order valence-electron chi connectivity index (χ4n) is 1.93. The first-order valence-electron chi connectivity index (χ1n) is 6.12. The molecule has 84 valence electrons. The van der Waals surface area contributed by atoms with E-state index in [4.69, 9.17) is 0 Å². The van der Waals surface area contributed by atoms with Crippen molar-refractivity contribution in [2.75, 3.05) is 0 Å². The Kier molecular flexibility index (Phi) is 6.68. The minimum atomic E-state index is 1.11. The molecule has 0 aromatic heterocycles. The molecule has 1 heterocycles. The Labute approximate surface area is 96.3 Å². The summed E-state index contributed by atoms with van der Waals surface area (Å²) in [5.41, 5.74) is 2.21. The van der Waals surface area contributed by atoms with Gasteiger partial charge in [-0.15, -0.1) is 8.58 Å². The molecule has 0 spiro atoms. The van der Waals surface area contributed by atoms with E-state index in [9.17, 15) is 0 Å². The standard InChI is InChI=1S/C8H17P.C6H6/c1-3-7-5-6-8(4-2)9-7;1-2-4-6-5-3-1/h7-9H,3-6H2,1-2H3;1-6H. The zero-order valence-corrected chi connectivity index (χ0v) is 10.9. The smallest absolute Gasteiger partial charge is 0.0237 e. The number of rotatable bonds is 2. The van der Waals surface area contributed by atoms with E-state index in [0.29, 0.717) is 0 Å². The van der Waals surface area contributed by atoms with Crippen LogP contribution in [-0.2, 0) is 0 Å². The number of hydrogen-bond acceptors (Lipinski definition) is 0. The fourth-order valence-corrected chi connectivity index (χ4v) is 3.74. The molecule has 0 N–H and O–H groups in total. The maximum Gasteiger partial charge on any atom is -0.0237 e. The predicted molar refractivity (Wildman–Crippen MR) is 72.1 cm³/mol. The van der Waals surface area contributed by atoms with Crippen molar-refractivity contribution >= 4 is 8.58 Å². The molecule has 1 fully saturated rings. The van der Waals surface area contributed by atoms with E-state index in [1.165, 1.54) is 34.3 Å². The van der Waals surface area contributed by atoms with E-state index < -0.39 is 0 Å². The van der Waals surface area contributed by atoms with Gasteiger partial charge >= 0.3 is 0 Å². The largest absolute Gasteiger partial charge is 0.116 e. The summed E-state index contributed by atoms with van der Waals surface area (Å²) in [6, 6.07) is 12.0. The van der Waals surface area contributed by atoms with Gasteiger partial charge in [0.05, 0.1) is 0 Å². The summed E-state index contributed by atoms with van der Waals surface area (Å²) in [6.45, 7) is 4.66. The lowest BCUT2D eigenvalue weighted by atomic mass is 10.1. The van der Waals surface area contributed by atoms with Crippen LogP contribution < -0.4 is 0 Å². The quantitative estimate of drug-likeness (QED) is 0.636. The molecular weight excluding hydrogens is 199 g/mol. The summed E-state index contributed by atoms with van der Waals surface area (Å²) in [5, 5.41) is 0. The molecule has 1 aliphatic heterocycles. The second-order valence-corrected chi connectivity index (χ2v) is 6.08.